The van der Waals surface area contributed by atoms with E-state index in [4.69, 9.17) is 30.9 Å². The van der Waals surface area contributed by atoms with Gasteiger partial charge < -0.3 is 24.0 Å². The molecule has 2 amide bonds. The molecule has 184 valence electrons. The topological polar surface area (TPSA) is 86.1 Å². The summed E-state index contributed by atoms with van der Waals surface area (Å²) in [6, 6.07) is 14.3. The fraction of sp³-hybridized carbons (Fsp3) is 0.320. The van der Waals surface area contributed by atoms with Crippen molar-refractivity contribution in [3.8, 4) is 28.4 Å². The van der Waals surface area contributed by atoms with Gasteiger partial charge in [0.25, 0.3) is 5.91 Å². The van der Waals surface area contributed by atoms with Crippen LogP contribution in [0.25, 0.3) is 16.9 Å². The molecule has 1 aliphatic heterocycles. The normalized spacial score (nSPS) is 13.5. The monoisotopic (exact) mass is 498 g/mol. The third kappa shape index (κ3) is 5.19. The molecule has 3 aromatic rings. The van der Waals surface area contributed by atoms with Crippen molar-refractivity contribution < 1.29 is 23.8 Å². The number of carbonyl (C=O) groups excluding carboxylic acids is 2. The van der Waals surface area contributed by atoms with Gasteiger partial charge in [0, 0.05) is 42.8 Å². The van der Waals surface area contributed by atoms with Crippen molar-refractivity contribution in [1.82, 2.24) is 19.6 Å². The van der Waals surface area contributed by atoms with Crippen LogP contribution in [0.5, 0.6) is 11.5 Å². The van der Waals surface area contributed by atoms with Gasteiger partial charge in [0.05, 0.1) is 32.2 Å². The number of halogens is 1. The number of piperazine rings is 1. The Labute approximate surface area is 208 Å². The maximum absolute atomic E-state index is 13.6. The third-order valence-electron chi connectivity index (χ3n) is 5.76. The van der Waals surface area contributed by atoms with E-state index in [1.807, 2.05) is 18.2 Å². The van der Waals surface area contributed by atoms with E-state index in [0.717, 1.165) is 5.56 Å². The van der Waals surface area contributed by atoms with Crippen molar-refractivity contribution >= 4 is 23.6 Å². The molecular formula is C25H27ClN4O5. The van der Waals surface area contributed by atoms with E-state index in [1.54, 1.807) is 66.0 Å². The number of nitrogens with zero attached hydrogens (tertiary/aromatic N) is 4. The smallest absolute Gasteiger partial charge is 0.409 e. The van der Waals surface area contributed by atoms with E-state index in [0.29, 0.717) is 66.4 Å². The standard InChI is InChI=1S/C25H27ClN4O5/c1-4-35-25(32)29-12-10-28(11-13-29)24(31)22-16-21(20-9-8-19(33-2)15-23(20)34-3)27-30(22)18-7-5-6-17(26)14-18/h5-9,14-16H,4,10-13H2,1-3H3. The summed E-state index contributed by atoms with van der Waals surface area (Å²) in [5.41, 5.74) is 2.32. The van der Waals surface area contributed by atoms with Gasteiger partial charge in [-0.1, -0.05) is 17.7 Å². The number of ether oxygens (including phenoxy) is 3. The van der Waals surface area contributed by atoms with Crippen LogP contribution in [0.3, 0.4) is 0 Å². The Balaban J connectivity index is 1.69. The highest BCUT2D eigenvalue weighted by Gasteiger charge is 2.29. The Morgan fingerprint density at radius 1 is 0.971 bits per heavy atom. The Hall–Kier alpha value is -3.72. The molecule has 0 unspecified atom stereocenters. The molecule has 35 heavy (non-hydrogen) atoms. The summed E-state index contributed by atoms with van der Waals surface area (Å²) in [7, 11) is 3.15. The highest BCUT2D eigenvalue weighted by atomic mass is 35.5. The molecule has 0 spiro atoms. The summed E-state index contributed by atoms with van der Waals surface area (Å²) in [6.45, 7) is 3.65. The fourth-order valence-corrected chi connectivity index (χ4v) is 4.13. The van der Waals surface area contributed by atoms with Crippen LogP contribution in [0.4, 0.5) is 4.79 Å². The number of carbonyl (C=O) groups is 2. The first kappa shape index (κ1) is 24.4. The molecular weight excluding hydrogens is 472 g/mol. The van der Waals surface area contributed by atoms with Crippen LogP contribution in [0, 0.1) is 0 Å². The minimum absolute atomic E-state index is 0.195. The Morgan fingerprint density at radius 2 is 1.71 bits per heavy atom. The summed E-state index contributed by atoms with van der Waals surface area (Å²) in [4.78, 5) is 29.0. The van der Waals surface area contributed by atoms with Crippen molar-refractivity contribution in [3.05, 3.63) is 59.2 Å². The van der Waals surface area contributed by atoms with Crippen molar-refractivity contribution in [1.29, 1.82) is 0 Å². The number of rotatable bonds is 6. The lowest BCUT2D eigenvalue weighted by molar-refractivity contribution is 0.0563. The molecule has 0 atom stereocenters. The van der Waals surface area contributed by atoms with E-state index < -0.39 is 0 Å². The maximum atomic E-state index is 13.6. The van der Waals surface area contributed by atoms with E-state index in [2.05, 4.69) is 0 Å². The van der Waals surface area contributed by atoms with Crippen molar-refractivity contribution in [2.45, 2.75) is 6.92 Å². The third-order valence-corrected chi connectivity index (χ3v) is 5.99. The number of hydrogen-bond donors (Lipinski definition) is 0. The first-order valence-corrected chi connectivity index (χ1v) is 11.6. The summed E-state index contributed by atoms with van der Waals surface area (Å²) < 4.78 is 17.5. The lowest BCUT2D eigenvalue weighted by Crippen LogP contribution is -2.51. The molecule has 0 bridgehead atoms. The van der Waals surface area contributed by atoms with Gasteiger partial charge in [-0.25, -0.2) is 9.48 Å². The number of methoxy groups -OCH3 is 2. The minimum atomic E-state index is -0.363. The summed E-state index contributed by atoms with van der Waals surface area (Å²) in [6.07, 6.45) is -0.363. The second kappa shape index (κ2) is 10.7. The average Bonchev–Trinajstić information content (AvgIpc) is 3.33. The molecule has 4 rings (SSSR count). The van der Waals surface area contributed by atoms with Gasteiger partial charge in [0.1, 0.15) is 17.2 Å². The molecule has 2 heterocycles. The van der Waals surface area contributed by atoms with Crippen molar-refractivity contribution in [2.75, 3.05) is 47.0 Å². The van der Waals surface area contributed by atoms with E-state index >= 15 is 0 Å². The van der Waals surface area contributed by atoms with Gasteiger partial charge >= 0.3 is 6.09 Å². The molecule has 1 aromatic heterocycles. The molecule has 1 aliphatic rings. The number of benzene rings is 2. The highest BCUT2D eigenvalue weighted by Crippen LogP contribution is 2.34. The SMILES string of the molecule is CCOC(=O)N1CCN(C(=O)c2cc(-c3ccc(OC)cc3OC)nn2-c2cccc(Cl)c2)CC1. The molecule has 1 saturated heterocycles. The fourth-order valence-electron chi connectivity index (χ4n) is 3.95. The zero-order valence-corrected chi connectivity index (χ0v) is 20.6. The number of hydrogen-bond acceptors (Lipinski definition) is 6. The first-order chi connectivity index (χ1) is 16.9. The molecule has 0 radical (unpaired) electrons. The van der Waals surface area contributed by atoms with Crippen LogP contribution in [0.2, 0.25) is 5.02 Å². The van der Waals surface area contributed by atoms with Gasteiger partial charge in [-0.05, 0) is 43.3 Å². The summed E-state index contributed by atoms with van der Waals surface area (Å²) >= 11 is 6.23. The van der Waals surface area contributed by atoms with Crippen LogP contribution < -0.4 is 9.47 Å². The van der Waals surface area contributed by atoms with Gasteiger partial charge in [-0.3, -0.25) is 4.79 Å². The van der Waals surface area contributed by atoms with Gasteiger partial charge in [-0.15, -0.1) is 0 Å². The predicted molar refractivity (Wildman–Crippen MR) is 132 cm³/mol. The van der Waals surface area contributed by atoms with Crippen molar-refractivity contribution in [2.24, 2.45) is 0 Å². The molecule has 10 heteroatoms. The van der Waals surface area contributed by atoms with Crippen LogP contribution in [-0.4, -0.2) is 78.6 Å². The van der Waals surface area contributed by atoms with Gasteiger partial charge in [-0.2, -0.15) is 5.10 Å². The van der Waals surface area contributed by atoms with Crippen LogP contribution in [0.15, 0.2) is 48.5 Å². The van der Waals surface area contributed by atoms with E-state index in [9.17, 15) is 9.59 Å². The Kier molecular flexibility index (Phi) is 7.45. The quantitative estimate of drug-likeness (QED) is 0.508. The lowest BCUT2D eigenvalue weighted by Gasteiger charge is -2.34. The summed E-state index contributed by atoms with van der Waals surface area (Å²) in [5, 5.41) is 5.28. The predicted octanol–water partition coefficient (Wildman–Crippen LogP) is 4.12. The Bertz CT molecular complexity index is 1220. The second-order valence-electron chi connectivity index (χ2n) is 7.85. The molecule has 0 N–H and O–H groups in total. The molecule has 2 aromatic carbocycles. The molecule has 9 nitrogen and oxygen atoms in total. The lowest BCUT2D eigenvalue weighted by atomic mass is 10.1. The summed E-state index contributed by atoms with van der Waals surface area (Å²) in [5.74, 6) is 1.03. The average molecular weight is 499 g/mol. The number of aromatic nitrogens is 2. The molecule has 1 fully saturated rings. The van der Waals surface area contributed by atoms with Gasteiger partial charge in [0.15, 0.2) is 0 Å². The molecule has 0 saturated carbocycles. The first-order valence-electron chi connectivity index (χ1n) is 11.2. The highest BCUT2D eigenvalue weighted by molar-refractivity contribution is 6.30. The largest absolute Gasteiger partial charge is 0.497 e. The molecule has 0 aliphatic carbocycles. The second-order valence-corrected chi connectivity index (χ2v) is 8.29. The number of amides is 2. The van der Waals surface area contributed by atoms with Crippen LogP contribution in [-0.2, 0) is 4.74 Å². The van der Waals surface area contributed by atoms with Gasteiger partial charge in [0.2, 0.25) is 0 Å². The Morgan fingerprint density at radius 3 is 2.37 bits per heavy atom. The zero-order chi connectivity index (χ0) is 24.9. The maximum Gasteiger partial charge on any atom is 0.409 e. The van der Waals surface area contributed by atoms with E-state index in [-0.39, 0.29) is 12.0 Å². The zero-order valence-electron chi connectivity index (χ0n) is 19.9. The van der Waals surface area contributed by atoms with Crippen LogP contribution >= 0.6 is 11.6 Å². The minimum Gasteiger partial charge on any atom is -0.497 e. The van der Waals surface area contributed by atoms with Crippen LogP contribution in [0.1, 0.15) is 17.4 Å². The van der Waals surface area contributed by atoms with E-state index in [1.165, 1.54) is 0 Å². The van der Waals surface area contributed by atoms with Crippen molar-refractivity contribution in [3.63, 3.8) is 0 Å².